The number of hydrogen-bond acceptors (Lipinski definition) is 4. The molecule has 0 bridgehead atoms. The summed E-state index contributed by atoms with van der Waals surface area (Å²) in [7, 11) is 0. The Morgan fingerprint density at radius 2 is 2.17 bits per heavy atom. The molecule has 1 aromatic carbocycles. The third-order valence-electron chi connectivity index (χ3n) is 2.72. The molecular formula is C11H13N5O2. The van der Waals surface area contributed by atoms with Crippen molar-refractivity contribution in [3.63, 3.8) is 0 Å². The third-order valence-corrected chi connectivity index (χ3v) is 2.72. The lowest BCUT2D eigenvalue weighted by Gasteiger charge is -2.16. The number of nitrogen functional groups attached to an aromatic ring is 1. The monoisotopic (exact) mass is 247 g/mol. The van der Waals surface area contributed by atoms with E-state index in [4.69, 9.17) is 16.9 Å². The molecule has 94 valence electrons. The van der Waals surface area contributed by atoms with Gasteiger partial charge in [0, 0.05) is 30.0 Å². The van der Waals surface area contributed by atoms with Crippen LogP contribution in [0.3, 0.4) is 0 Å². The predicted molar refractivity (Wildman–Crippen MR) is 67.6 cm³/mol. The molecule has 18 heavy (non-hydrogen) atoms. The van der Waals surface area contributed by atoms with Crippen molar-refractivity contribution in [3.8, 4) is 0 Å². The Bertz CT molecular complexity index is 540. The first-order valence-corrected chi connectivity index (χ1v) is 5.34. The lowest BCUT2D eigenvalue weighted by Crippen LogP contribution is -2.28. The summed E-state index contributed by atoms with van der Waals surface area (Å²) < 4.78 is 0. The van der Waals surface area contributed by atoms with Gasteiger partial charge < -0.3 is 16.8 Å². The Morgan fingerprint density at radius 1 is 1.44 bits per heavy atom. The van der Waals surface area contributed by atoms with Gasteiger partial charge in [0.25, 0.3) is 5.91 Å². The maximum Gasteiger partial charge on any atom is 0.321 e. The molecule has 0 aliphatic carbocycles. The maximum atomic E-state index is 11.5. The molecule has 7 heteroatoms. The summed E-state index contributed by atoms with van der Waals surface area (Å²) in [6, 6.07) is 4.52. The molecule has 0 unspecified atom stereocenters. The van der Waals surface area contributed by atoms with Gasteiger partial charge in [0.1, 0.15) is 5.71 Å². The van der Waals surface area contributed by atoms with Crippen molar-refractivity contribution in [2.45, 2.75) is 0 Å². The number of amides is 3. The Morgan fingerprint density at radius 3 is 2.72 bits per heavy atom. The second kappa shape index (κ2) is 4.36. The Balaban J connectivity index is 2.40. The zero-order valence-corrected chi connectivity index (χ0v) is 9.56. The number of nitrogens with zero attached hydrogens (tertiary/aromatic N) is 1. The summed E-state index contributed by atoms with van der Waals surface area (Å²) in [5.74, 6) is -0.857. The molecule has 0 radical (unpaired) electrons. The molecule has 1 saturated heterocycles. The molecular weight excluding hydrogens is 234 g/mol. The van der Waals surface area contributed by atoms with Gasteiger partial charge in [-0.25, -0.2) is 4.79 Å². The number of primary amides is 1. The highest BCUT2D eigenvalue weighted by atomic mass is 16.2. The van der Waals surface area contributed by atoms with E-state index in [0.717, 1.165) is 0 Å². The molecule has 0 saturated carbocycles. The second-order valence-corrected chi connectivity index (χ2v) is 3.89. The van der Waals surface area contributed by atoms with Crippen LogP contribution in [-0.2, 0) is 4.79 Å². The van der Waals surface area contributed by atoms with Crippen molar-refractivity contribution < 1.29 is 9.59 Å². The van der Waals surface area contributed by atoms with Crippen LogP contribution in [0.2, 0.25) is 0 Å². The number of nitrogens with one attached hydrogen (secondary N) is 2. The lowest BCUT2D eigenvalue weighted by atomic mass is 10.1. The van der Waals surface area contributed by atoms with Crippen molar-refractivity contribution in [3.05, 3.63) is 23.8 Å². The number of anilines is 2. The third kappa shape index (κ3) is 1.97. The number of nitrogens with two attached hydrogens (primary N) is 2. The fraction of sp³-hybridized carbons (Fsp3) is 0.182. The number of carbonyl (C=O) groups excluding carboxylic acids is 2. The Hall–Kier alpha value is -2.57. The largest absolute Gasteiger partial charge is 0.398 e. The average Bonchev–Trinajstić information content (AvgIpc) is 2.75. The number of urea groups is 1. The van der Waals surface area contributed by atoms with Crippen LogP contribution in [0, 0.1) is 5.41 Å². The van der Waals surface area contributed by atoms with Gasteiger partial charge in [0.15, 0.2) is 0 Å². The van der Waals surface area contributed by atoms with Gasteiger partial charge in [-0.05, 0) is 18.2 Å². The van der Waals surface area contributed by atoms with Crippen molar-refractivity contribution in [2.24, 2.45) is 5.73 Å². The summed E-state index contributed by atoms with van der Waals surface area (Å²) in [4.78, 5) is 24.0. The van der Waals surface area contributed by atoms with Gasteiger partial charge in [-0.2, -0.15) is 0 Å². The molecule has 0 aromatic heterocycles. The number of rotatable bonds is 3. The fourth-order valence-electron chi connectivity index (χ4n) is 1.78. The Kier molecular flexibility index (Phi) is 2.88. The standard InChI is InChI=1S/C11H13N5O2/c12-8-2-1-6(16-4-3-15-11(16)18)5-7(8)9(13)10(14)17/h1-2,5,13H,3-4,12H2,(H2,14,17)(H,15,18). The number of benzene rings is 1. The molecule has 3 amide bonds. The molecule has 2 rings (SSSR count). The minimum atomic E-state index is -0.857. The second-order valence-electron chi connectivity index (χ2n) is 3.89. The smallest absolute Gasteiger partial charge is 0.321 e. The average molecular weight is 247 g/mol. The van der Waals surface area contributed by atoms with E-state index >= 15 is 0 Å². The minimum absolute atomic E-state index is 0.212. The van der Waals surface area contributed by atoms with Gasteiger partial charge in [-0.1, -0.05) is 0 Å². The molecule has 1 aliphatic rings. The van der Waals surface area contributed by atoms with E-state index in [1.807, 2.05) is 0 Å². The summed E-state index contributed by atoms with van der Waals surface area (Å²) in [5.41, 5.74) is 11.5. The van der Waals surface area contributed by atoms with Crippen LogP contribution in [0.25, 0.3) is 0 Å². The molecule has 7 nitrogen and oxygen atoms in total. The zero-order chi connectivity index (χ0) is 13.3. The zero-order valence-electron chi connectivity index (χ0n) is 9.56. The van der Waals surface area contributed by atoms with E-state index in [0.29, 0.717) is 18.8 Å². The molecule has 1 aromatic rings. The molecule has 6 N–H and O–H groups in total. The van der Waals surface area contributed by atoms with E-state index in [-0.39, 0.29) is 23.0 Å². The van der Waals surface area contributed by atoms with Crippen LogP contribution in [0.1, 0.15) is 5.56 Å². The number of hydrogen-bond donors (Lipinski definition) is 4. The van der Waals surface area contributed by atoms with Crippen LogP contribution in [0.4, 0.5) is 16.2 Å². The molecule has 0 spiro atoms. The van der Waals surface area contributed by atoms with E-state index in [1.165, 1.54) is 11.0 Å². The van der Waals surface area contributed by atoms with Crippen molar-refractivity contribution in [1.82, 2.24) is 5.32 Å². The predicted octanol–water partition coefficient (Wildman–Crippen LogP) is -0.348. The molecule has 0 atom stereocenters. The highest BCUT2D eigenvalue weighted by Gasteiger charge is 2.22. The minimum Gasteiger partial charge on any atom is -0.398 e. The van der Waals surface area contributed by atoms with E-state index in [9.17, 15) is 9.59 Å². The maximum absolute atomic E-state index is 11.5. The summed E-state index contributed by atoms with van der Waals surface area (Å²) >= 11 is 0. The van der Waals surface area contributed by atoms with Gasteiger partial charge in [0.2, 0.25) is 0 Å². The van der Waals surface area contributed by atoms with Crippen molar-refractivity contribution in [2.75, 3.05) is 23.7 Å². The Labute approximate surface area is 103 Å². The van der Waals surface area contributed by atoms with Gasteiger partial charge >= 0.3 is 6.03 Å². The molecule has 1 aliphatic heterocycles. The van der Waals surface area contributed by atoms with Crippen LogP contribution >= 0.6 is 0 Å². The SMILES string of the molecule is N=C(C(N)=O)c1cc(N2CCNC2=O)ccc1N. The van der Waals surface area contributed by atoms with Gasteiger partial charge in [-0.3, -0.25) is 15.1 Å². The first-order chi connectivity index (χ1) is 8.50. The van der Waals surface area contributed by atoms with Crippen molar-refractivity contribution >= 4 is 29.0 Å². The summed E-state index contributed by atoms with van der Waals surface area (Å²) in [5, 5.41) is 10.2. The highest BCUT2D eigenvalue weighted by Crippen LogP contribution is 2.22. The number of carbonyl (C=O) groups is 2. The van der Waals surface area contributed by atoms with E-state index < -0.39 is 5.91 Å². The van der Waals surface area contributed by atoms with Crippen LogP contribution in [0.15, 0.2) is 18.2 Å². The fourth-order valence-corrected chi connectivity index (χ4v) is 1.78. The first kappa shape index (κ1) is 11.9. The normalized spacial score (nSPS) is 14.4. The van der Waals surface area contributed by atoms with Gasteiger partial charge in [-0.15, -0.1) is 0 Å². The van der Waals surface area contributed by atoms with Gasteiger partial charge in [0.05, 0.1) is 0 Å². The molecule has 1 fully saturated rings. The highest BCUT2D eigenvalue weighted by molar-refractivity contribution is 6.44. The van der Waals surface area contributed by atoms with E-state index in [1.54, 1.807) is 12.1 Å². The van der Waals surface area contributed by atoms with E-state index in [2.05, 4.69) is 5.32 Å². The first-order valence-electron chi connectivity index (χ1n) is 5.34. The summed E-state index contributed by atoms with van der Waals surface area (Å²) in [6.07, 6.45) is 0. The topological polar surface area (TPSA) is 125 Å². The summed E-state index contributed by atoms with van der Waals surface area (Å²) in [6.45, 7) is 1.10. The lowest BCUT2D eigenvalue weighted by molar-refractivity contribution is -0.112. The van der Waals surface area contributed by atoms with Crippen LogP contribution in [-0.4, -0.2) is 30.7 Å². The van der Waals surface area contributed by atoms with Crippen LogP contribution in [0.5, 0.6) is 0 Å². The molecule has 1 heterocycles. The van der Waals surface area contributed by atoms with Crippen LogP contribution < -0.4 is 21.7 Å². The van der Waals surface area contributed by atoms with Crippen molar-refractivity contribution in [1.29, 1.82) is 5.41 Å². The quantitative estimate of drug-likeness (QED) is 0.431.